The summed E-state index contributed by atoms with van der Waals surface area (Å²) in [6.07, 6.45) is 0. The van der Waals surface area contributed by atoms with Crippen LogP contribution in [-0.4, -0.2) is 26.1 Å². The second-order valence-corrected chi connectivity index (χ2v) is 6.15. The van der Waals surface area contributed by atoms with E-state index >= 15 is 0 Å². The minimum atomic E-state index is -0.430. The number of benzene rings is 3. The molecule has 3 aromatic carbocycles. The lowest BCUT2D eigenvalue weighted by molar-refractivity contribution is 0.0600. The molecule has 0 aliphatic carbocycles. The van der Waals surface area contributed by atoms with Gasteiger partial charge in [-0.2, -0.15) is 0 Å². The Bertz CT molecular complexity index is 984. The zero-order valence-corrected chi connectivity index (χ0v) is 16.2. The number of nitrogens with one attached hydrogen (secondary N) is 1. The molecule has 0 fully saturated rings. The summed E-state index contributed by atoms with van der Waals surface area (Å²) in [6.45, 7) is 0.266. The van der Waals surface area contributed by atoms with Crippen molar-refractivity contribution < 1.29 is 23.8 Å². The molecule has 0 aliphatic rings. The highest BCUT2D eigenvalue weighted by Gasteiger charge is 2.12. The van der Waals surface area contributed by atoms with Crippen LogP contribution in [0.5, 0.6) is 11.5 Å². The second-order valence-electron chi connectivity index (χ2n) is 6.15. The van der Waals surface area contributed by atoms with E-state index in [2.05, 4.69) is 10.1 Å². The van der Waals surface area contributed by atoms with E-state index in [4.69, 9.17) is 9.47 Å². The van der Waals surface area contributed by atoms with E-state index in [1.807, 2.05) is 30.3 Å². The number of esters is 1. The molecule has 3 rings (SSSR count). The van der Waals surface area contributed by atoms with Gasteiger partial charge in [-0.3, -0.25) is 4.79 Å². The number of rotatable bonds is 7. The van der Waals surface area contributed by atoms with Crippen LogP contribution in [0.3, 0.4) is 0 Å². The lowest BCUT2D eigenvalue weighted by Gasteiger charge is -2.12. The fraction of sp³-hybridized carbons (Fsp3) is 0.130. The molecule has 0 atom stereocenters. The molecule has 0 saturated heterocycles. The van der Waals surface area contributed by atoms with Crippen LogP contribution < -0.4 is 14.8 Å². The normalized spacial score (nSPS) is 10.1. The maximum Gasteiger partial charge on any atom is 0.337 e. The molecular weight excluding hydrogens is 370 g/mol. The SMILES string of the molecule is COC(=O)c1ccc(NC(=O)c2ccc(OC)c(COc3ccccc3)c2)cc1. The number of carbonyl (C=O) groups excluding carboxylic acids is 2. The highest BCUT2D eigenvalue weighted by Crippen LogP contribution is 2.23. The van der Waals surface area contributed by atoms with Gasteiger partial charge >= 0.3 is 5.97 Å². The van der Waals surface area contributed by atoms with E-state index in [0.29, 0.717) is 22.6 Å². The van der Waals surface area contributed by atoms with Crippen molar-refractivity contribution >= 4 is 17.6 Å². The topological polar surface area (TPSA) is 73.9 Å². The van der Waals surface area contributed by atoms with Crippen molar-refractivity contribution in [3.05, 3.63) is 89.5 Å². The largest absolute Gasteiger partial charge is 0.496 e. The molecule has 6 heteroatoms. The summed E-state index contributed by atoms with van der Waals surface area (Å²) in [6, 6.07) is 21.0. The zero-order valence-electron chi connectivity index (χ0n) is 16.2. The average molecular weight is 391 g/mol. The van der Waals surface area contributed by atoms with Gasteiger partial charge in [-0.05, 0) is 54.6 Å². The number of amides is 1. The van der Waals surface area contributed by atoms with E-state index in [-0.39, 0.29) is 12.5 Å². The predicted octanol–water partition coefficient (Wildman–Crippen LogP) is 4.31. The van der Waals surface area contributed by atoms with Crippen molar-refractivity contribution in [3.8, 4) is 11.5 Å². The number of para-hydroxylation sites is 1. The lowest BCUT2D eigenvalue weighted by atomic mass is 10.1. The molecule has 3 aromatic rings. The molecule has 0 unspecified atom stereocenters. The van der Waals surface area contributed by atoms with E-state index in [1.54, 1.807) is 49.6 Å². The average Bonchev–Trinajstić information content (AvgIpc) is 2.78. The lowest BCUT2D eigenvalue weighted by Crippen LogP contribution is -2.13. The van der Waals surface area contributed by atoms with Gasteiger partial charge in [0.05, 0.1) is 19.8 Å². The van der Waals surface area contributed by atoms with E-state index in [9.17, 15) is 9.59 Å². The number of ether oxygens (including phenoxy) is 3. The number of methoxy groups -OCH3 is 2. The van der Waals surface area contributed by atoms with Crippen molar-refractivity contribution in [1.29, 1.82) is 0 Å². The van der Waals surface area contributed by atoms with Gasteiger partial charge in [0.15, 0.2) is 0 Å². The third-order valence-electron chi connectivity index (χ3n) is 4.24. The first-order valence-electron chi connectivity index (χ1n) is 8.95. The molecule has 1 amide bonds. The minimum Gasteiger partial charge on any atom is -0.496 e. The molecule has 0 saturated carbocycles. The van der Waals surface area contributed by atoms with Crippen LogP contribution in [0.2, 0.25) is 0 Å². The molecule has 1 N–H and O–H groups in total. The molecule has 6 nitrogen and oxygen atoms in total. The van der Waals surface area contributed by atoms with Crippen molar-refractivity contribution in [2.75, 3.05) is 19.5 Å². The quantitative estimate of drug-likeness (QED) is 0.608. The molecule has 148 valence electrons. The summed E-state index contributed by atoms with van der Waals surface area (Å²) in [5.74, 6) is 0.663. The Morgan fingerprint density at radius 3 is 2.21 bits per heavy atom. The summed E-state index contributed by atoms with van der Waals surface area (Å²) in [7, 11) is 2.89. The highest BCUT2D eigenvalue weighted by atomic mass is 16.5. The minimum absolute atomic E-state index is 0.266. The van der Waals surface area contributed by atoms with Crippen molar-refractivity contribution in [2.45, 2.75) is 6.61 Å². The van der Waals surface area contributed by atoms with E-state index in [0.717, 1.165) is 11.3 Å². The third-order valence-corrected chi connectivity index (χ3v) is 4.24. The number of hydrogen-bond acceptors (Lipinski definition) is 5. The van der Waals surface area contributed by atoms with Crippen LogP contribution in [0, 0.1) is 0 Å². The molecule has 0 aromatic heterocycles. The first-order chi connectivity index (χ1) is 14.1. The van der Waals surface area contributed by atoms with Gasteiger partial charge in [-0.15, -0.1) is 0 Å². The maximum atomic E-state index is 12.6. The zero-order chi connectivity index (χ0) is 20.6. The molecular formula is C23H21NO5. The molecule has 29 heavy (non-hydrogen) atoms. The van der Waals surface area contributed by atoms with Crippen LogP contribution in [0.15, 0.2) is 72.8 Å². The Balaban J connectivity index is 1.72. The Morgan fingerprint density at radius 1 is 0.862 bits per heavy atom. The second kappa shape index (κ2) is 9.41. The third kappa shape index (κ3) is 5.13. The van der Waals surface area contributed by atoms with E-state index in [1.165, 1.54) is 7.11 Å². The van der Waals surface area contributed by atoms with Crippen molar-refractivity contribution in [2.24, 2.45) is 0 Å². The predicted molar refractivity (Wildman–Crippen MR) is 110 cm³/mol. The fourth-order valence-corrected chi connectivity index (χ4v) is 2.72. The summed E-state index contributed by atoms with van der Waals surface area (Å²) < 4.78 is 15.8. The molecule has 0 bridgehead atoms. The maximum absolute atomic E-state index is 12.6. The van der Waals surface area contributed by atoms with Crippen molar-refractivity contribution in [3.63, 3.8) is 0 Å². The summed E-state index contributed by atoms with van der Waals surface area (Å²) in [4.78, 5) is 24.1. The van der Waals surface area contributed by atoms with Crippen LogP contribution >= 0.6 is 0 Å². The van der Waals surface area contributed by atoms with Gasteiger partial charge < -0.3 is 19.5 Å². The standard InChI is InChI=1S/C23H21NO5/c1-27-21-13-10-17(14-18(21)15-29-20-6-4-3-5-7-20)22(25)24-19-11-8-16(9-12-19)23(26)28-2/h3-14H,15H2,1-2H3,(H,24,25). The Hall–Kier alpha value is -3.80. The highest BCUT2D eigenvalue weighted by molar-refractivity contribution is 6.04. The van der Waals surface area contributed by atoms with Gasteiger partial charge in [0.25, 0.3) is 5.91 Å². The van der Waals surface area contributed by atoms with Crippen LogP contribution in [0.25, 0.3) is 0 Å². The smallest absolute Gasteiger partial charge is 0.337 e. The van der Waals surface area contributed by atoms with Crippen molar-refractivity contribution in [1.82, 2.24) is 0 Å². The fourth-order valence-electron chi connectivity index (χ4n) is 2.72. The summed E-state index contributed by atoms with van der Waals surface area (Å²) >= 11 is 0. The summed E-state index contributed by atoms with van der Waals surface area (Å²) in [5, 5.41) is 2.81. The van der Waals surface area contributed by atoms with Gasteiger partial charge in [-0.1, -0.05) is 18.2 Å². The van der Waals surface area contributed by atoms with E-state index < -0.39 is 5.97 Å². The number of anilines is 1. The van der Waals surface area contributed by atoms with Gasteiger partial charge in [0, 0.05) is 16.8 Å². The van der Waals surface area contributed by atoms with Gasteiger partial charge in [-0.25, -0.2) is 4.79 Å². The first kappa shape index (κ1) is 19.9. The molecule has 0 heterocycles. The van der Waals surface area contributed by atoms with Crippen LogP contribution in [0.1, 0.15) is 26.3 Å². The van der Waals surface area contributed by atoms with Crippen LogP contribution in [-0.2, 0) is 11.3 Å². The molecule has 0 radical (unpaired) electrons. The molecule has 0 spiro atoms. The first-order valence-corrected chi connectivity index (χ1v) is 8.95. The summed E-state index contributed by atoms with van der Waals surface area (Å²) in [5.41, 5.74) is 2.20. The Kier molecular flexibility index (Phi) is 6.47. The Labute approximate surface area is 169 Å². The monoisotopic (exact) mass is 391 g/mol. The van der Waals surface area contributed by atoms with Gasteiger partial charge in [0.1, 0.15) is 18.1 Å². The Morgan fingerprint density at radius 2 is 1.55 bits per heavy atom. The number of hydrogen-bond donors (Lipinski definition) is 1. The van der Waals surface area contributed by atoms with Crippen LogP contribution in [0.4, 0.5) is 5.69 Å². The number of carbonyl (C=O) groups is 2. The molecule has 0 aliphatic heterocycles. The van der Waals surface area contributed by atoms with Gasteiger partial charge in [0.2, 0.25) is 0 Å².